The van der Waals surface area contributed by atoms with Gasteiger partial charge in [0.05, 0.1) is 0 Å². The van der Waals surface area contributed by atoms with Crippen molar-refractivity contribution in [1.29, 1.82) is 0 Å². The third-order valence-electron chi connectivity index (χ3n) is 4.26. The Bertz CT molecular complexity index is 598. The zero-order valence-corrected chi connectivity index (χ0v) is 13.8. The fourth-order valence-electron chi connectivity index (χ4n) is 2.98. The van der Waals surface area contributed by atoms with Gasteiger partial charge >= 0.3 is 10.2 Å². The molecule has 0 unspecified atom stereocenters. The molecule has 1 aromatic carbocycles. The van der Waals surface area contributed by atoms with Crippen LogP contribution < -0.4 is 0 Å². The highest BCUT2D eigenvalue weighted by molar-refractivity contribution is 8.45. The summed E-state index contributed by atoms with van der Waals surface area (Å²) in [7, 11) is -9.58. The Balaban J connectivity index is 2.01. The second-order valence-corrected chi connectivity index (χ2v) is 8.68. The summed E-state index contributed by atoms with van der Waals surface area (Å²) < 4.78 is 63.1. The van der Waals surface area contributed by atoms with Gasteiger partial charge in [-0.3, -0.25) is 0 Å². The topological polar surface area (TPSA) is 0 Å². The first kappa shape index (κ1) is 18.1. The van der Waals surface area contributed by atoms with Gasteiger partial charge in [-0.2, -0.15) is 0 Å². The lowest BCUT2D eigenvalue weighted by molar-refractivity contribution is 0.300. The van der Waals surface area contributed by atoms with E-state index in [4.69, 9.17) is 0 Å². The molecule has 0 N–H and O–H groups in total. The van der Waals surface area contributed by atoms with Crippen molar-refractivity contribution in [2.75, 3.05) is 0 Å². The Kier molecular flexibility index (Phi) is 4.49. The monoisotopic (exact) mass is 352 g/mol. The van der Waals surface area contributed by atoms with Crippen LogP contribution in [-0.2, 0) is 0 Å². The highest BCUT2D eigenvalue weighted by Crippen LogP contribution is 3.02. The van der Waals surface area contributed by atoms with Crippen molar-refractivity contribution in [2.45, 2.75) is 50.3 Å². The summed E-state index contributed by atoms with van der Waals surface area (Å²) in [6, 6.07) is 2.87. The molecule has 130 valence electrons. The number of halogens is 5. The van der Waals surface area contributed by atoms with Crippen LogP contribution in [0.2, 0.25) is 0 Å². The van der Waals surface area contributed by atoms with E-state index < -0.39 is 15.1 Å². The molecule has 0 saturated heterocycles. The molecule has 1 saturated carbocycles. The van der Waals surface area contributed by atoms with E-state index in [2.05, 4.69) is 18.8 Å². The predicted molar refractivity (Wildman–Crippen MR) is 85.1 cm³/mol. The molecule has 0 radical (unpaired) electrons. The summed E-state index contributed by atoms with van der Waals surface area (Å²) >= 11 is 0. The van der Waals surface area contributed by atoms with Gasteiger partial charge in [-0.1, -0.05) is 51.0 Å². The van der Waals surface area contributed by atoms with Gasteiger partial charge in [-0.15, -0.1) is 0 Å². The molecule has 1 fully saturated rings. The number of hydrogen-bond donors (Lipinski definition) is 0. The van der Waals surface area contributed by atoms with Crippen LogP contribution in [0.15, 0.2) is 29.2 Å². The van der Waals surface area contributed by atoms with Crippen LogP contribution in [0.1, 0.15) is 51.0 Å². The van der Waals surface area contributed by atoms with Crippen molar-refractivity contribution >= 4 is 10.2 Å². The third kappa shape index (κ3) is 5.42. The molecule has 1 aromatic rings. The van der Waals surface area contributed by atoms with E-state index in [-0.39, 0.29) is 5.92 Å². The number of benzene rings is 1. The smallest absolute Gasteiger partial charge is 0.0945 e. The molecule has 1 aliphatic rings. The summed E-state index contributed by atoms with van der Waals surface area (Å²) in [4.78, 5) is -1.87. The van der Waals surface area contributed by atoms with Crippen molar-refractivity contribution in [1.82, 2.24) is 0 Å². The van der Waals surface area contributed by atoms with Gasteiger partial charge in [0.1, 0.15) is 4.90 Å². The van der Waals surface area contributed by atoms with Gasteiger partial charge in [-0.25, -0.2) is 0 Å². The van der Waals surface area contributed by atoms with Crippen LogP contribution in [0.25, 0.3) is 0 Å². The lowest BCUT2D eigenvalue weighted by Crippen LogP contribution is -2.13. The van der Waals surface area contributed by atoms with Gasteiger partial charge in [0, 0.05) is 11.5 Å². The highest BCUT2D eigenvalue weighted by atomic mass is 32.5. The summed E-state index contributed by atoms with van der Waals surface area (Å²) in [5, 5.41) is 0. The molecule has 0 bridgehead atoms. The van der Waals surface area contributed by atoms with Crippen LogP contribution in [0.5, 0.6) is 0 Å². The summed E-state index contributed by atoms with van der Waals surface area (Å²) in [6.07, 6.45) is 6.69. The van der Waals surface area contributed by atoms with Gasteiger partial charge in [0.25, 0.3) is 0 Å². The van der Waals surface area contributed by atoms with E-state index in [0.717, 1.165) is 43.7 Å². The second-order valence-electron chi connectivity index (χ2n) is 6.27. The molecule has 0 aromatic heterocycles. The lowest BCUT2D eigenvalue weighted by Gasteiger charge is -2.40. The molecule has 1 aliphatic carbocycles. The summed E-state index contributed by atoms with van der Waals surface area (Å²) in [5.41, 5.74) is 0.339. The van der Waals surface area contributed by atoms with Crippen LogP contribution in [0, 0.1) is 23.7 Å². The maximum atomic E-state index is 12.6. The lowest BCUT2D eigenvalue weighted by atomic mass is 9.80. The van der Waals surface area contributed by atoms with Gasteiger partial charge < -0.3 is 0 Å². The maximum absolute atomic E-state index is 12.6. The molecule has 0 heterocycles. The fraction of sp³-hybridized carbons (Fsp3) is 0.529. The molecule has 0 nitrogen and oxygen atoms in total. The van der Waals surface area contributed by atoms with E-state index >= 15 is 0 Å². The zero-order valence-electron chi connectivity index (χ0n) is 13.0. The second kappa shape index (κ2) is 5.70. The largest absolute Gasteiger partial charge is 0.310 e. The van der Waals surface area contributed by atoms with Crippen molar-refractivity contribution in [3.8, 4) is 11.8 Å². The molecule has 6 heteroatoms. The summed E-state index contributed by atoms with van der Waals surface area (Å²) in [5.74, 6) is 6.89. The Hall–Kier alpha value is -1.22. The van der Waals surface area contributed by atoms with Crippen molar-refractivity contribution in [2.24, 2.45) is 11.8 Å². The number of hydrogen-bond acceptors (Lipinski definition) is 0. The van der Waals surface area contributed by atoms with E-state index in [0.29, 0.717) is 17.7 Å². The van der Waals surface area contributed by atoms with E-state index in [1.165, 1.54) is 12.8 Å². The first-order valence-corrected chi connectivity index (χ1v) is 9.79. The van der Waals surface area contributed by atoms with E-state index in [1.807, 2.05) is 0 Å². The van der Waals surface area contributed by atoms with Crippen molar-refractivity contribution in [3.63, 3.8) is 0 Å². The SMILES string of the molecule is CCCC1CCC(C#Cc2ccc(S(F)(F)(F)(F)F)cc2)CC1. The molecular weight excluding hydrogens is 331 g/mol. The third-order valence-corrected chi connectivity index (χ3v) is 5.43. The molecule has 0 amide bonds. The van der Waals surface area contributed by atoms with Gasteiger partial charge in [-0.05, 0) is 55.9 Å². The minimum atomic E-state index is -9.58. The van der Waals surface area contributed by atoms with Crippen molar-refractivity contribution < 1.29 is 19.4 Å². The fourth-order valence-corrected chi connectivity index (χ4v) is 3.63. The number of rotatable bonds is 3. The maximum Gasteiger partial charge on any atom is 0.310 e. The Morgan fingerprint density at radius 3 is 2.00 bits per heavy atom. The van der Waals surface area contributed by atoms with Crippen molar-refractivity contribution in [3.05, 3.63) is 29.8 Å². The molecule has 0 spiro atoms. The summed E-state index contributed by atoms with van der Waals surface area (Å²) in [6.45, 7) is 2.17. The zero-order chi connectivity index (χ0) is 17.2. The van der Waals surface area contributed by atoms with Crippen LogP contribution in [-0.4, -0.2) is 0 Å². The molecular formula is C17H21F5S. The minimum Gasteiger partial charge on any atom is -0.0945 e. The standard InChI is InChI=1S/C17H21F5S/c1-2-3-14-4-6-15(7-5-14)8-9-16-10-12-17(13-11-16)23(18,19,20,21)22/h10-15H,2-7H2,1H3. The highest BCUT2D eigenvalue weighted by Gasteiger charge is 2.65. The van der Waals surface area contributed by atoms with Gasteiger partial charge in [0.15, 0.2) is 0 Å². The quantitative estimate of drug-likeness (QED) is 0.395. The molecule has 0 aliphatic heterocycles. The average Bonchev–Trinajstić information content (AvgIpc) is 2.45. The van der Waals surface area contributed by atoms with Crippen LogP contribution in [0.3, 0.4) is 0 Å². The van der Waals surface area contributed by atoms with Gasteiger partial charge in [0.2, 0.25) is 0 Å². The first-order chi connectivity index (χ1) is 10.5. The predicted octanol–water partition coefficient (Wildman–Crippen LogP) is 7.30. The average molecular weight is 352 g/mol. The Morgan fingerprint density at radius 1 is 0.957 bits per heavy atom. The molecule has 2 rings (SSSR count). The van der Waals surface area contributed by atoms with Crippen LogP contribution >= 0.6 is 10.2 Å². The van der Waals surface area contributed by atoms with E-state index in [1.54, 1.807) is 0 Å². The normalized spacial score (nSPS) is 25.0. The van der Waals surface area contributed by atoms with Crippen LogP contribution in [0.4, 0.5) is 19.4 Å². The Labute approximate surface area is 134 Å². The molecule has 0 atom stereocenters. The first-order valence-electron chi connectivity index (χ1n) is 7.83. The molecule has 23 heavy (non-hydrogen) atoms. The Morgan fingerprint density at radius 2 is 1.52 bits per heavy atom. The van der Waals surface area contributed by atoms with E-state index in [9.17, 15) is 19.4 Å². The minimum absolute atomic E-state index is 0.249.